The number of carbonyl (C=O) groups excluding carboxylic acids is 1. The molecule has 0 aromatic heterocycles. The van der Waals surface area contributed by atoms with E-state index in [2.05, 4.69) is 5.32 Å². The van der Waals surface area contributed by atoms with Crippen LogP contribution in [0.3, 0.4) is 0 Å². The van der Waals surface area contributed by atoms with Gasteiger partial charge in [0.05, 0.1) is 0 Å². The zero-order chi connectivity index (χ0) is 15.2. The number of hydrogen-bond acceptors (Lipinski definition) is 2. The fourth-order valence-corrected chi connectivity index (χ4v) is 2.81. The third-order valence-corrected chi connectivity index (χ3v) is 3.94. The molecule has 1 atom stereocenters. The Morgan fingerprint density at radius 3 is 3.05 bits per heavy atom. The van der Waals surface area contributed by atoms with Gasteiger partial charge in [0.2, 0.25) is 5.91 Å². The normalized spacial score (nSPS) is 19.7. The van der Waals surface area contributed by atoms with E-state index in [-0.39, 0.29) is 11.7 Å². The number of carbonyl (C=O) groups is 1. The molecule has 1 aromatic carbocycles. The van der Waals surface area contributed by atoms with Crippen molar-refractivity contribution in [3.05, 3.63) is 41.7 Å². The molecule has 1 fully saturated rings. The van der Waals surface area contributed by atoms with Crippen LogP contribution in [0.4, 0.5) is 4.39 Å². The average Bonchev–Trinajstić information content (AvgIpc) is 2.48. The summed E-state index contributed by atoms with van der Waals surface area (Å²) in [5, 5.41) is 3.17. The van der Waals surface area contributed by atoms with E-state index in [1.165, 1.54) is 12.1 Å². The molecule has 0 bridgehead atoms. The Morgan fingerprint density at radius 1 is 1.52 bits per heavy atom. The van der Waals surface area contributed by atoms with Crippen molar-refractivity contribution in [1.29, 1.82) is 0 Å². The minimum Gasteiger partial charge on any atom is -0.339 e. The zero-order valence-corrected chi connectivity index (χ0v) is 12.7. The lowest BCUT2D eigenvalue weighted by Crippen LogP contribution is -2.41. The molecule has 1 aliphatic heterocycles. The van der Waals surface area contributed by atoms with E-state index in [4.69, 9.17) is 0 Å². The van der Waals surface area contributed by atoms with Crippen molar-refractivity contribution in [2.24, 2.45) is 5.92 Å². The SMILES string of the molecule is CNCC1CCCN(C(=O)/C=C(/C)c2cccc(F)c2)C1. The minimum absolute atomic E-state index is 0.0255. The van der Waals surface area contributed by atoms with Gasteiger partial charge in [-0.1, -0.05) is 12.1 Å². The largest absolute Gasteiger partial charge is 0.339 e. The highest BCUT2D eigenvalue weighted by Crippen LogP contribution is 2.19. The van der Waals surface area contributed by atoms with Crippen LogP contribution >= 0.6 is 0 Å². The van der Waals surface area contributed by atoms with E-state index in [0.29, 0.717) is 5.92 Å². The van der Waals surface area contributed by atoms with E-state index >= 15 is 0 Å². The molecule has 21 heavy (non-hydrogen) atoms. The maximum Gasteiger partial charge on any atom is 0.246 e. The van der Waals surface area contributed by atoms with Crippen molar-refractivity contribution in [2.45, 2.75) is 19.8 Å². The number of rotatable bonds is 4. The van der Waals surface area contributed by atoms with Gasteiger partial charge in [-0.15, -0.1) is 0 Å². The van der Waals surface area contributed by atoms with Gasteiger partial charge in [-0.05, 0) is 62.5 Å². The molecule has 2 rings (SSSR count). The van der Waals surface area contributed by atoms with Gasteiger partial charge in [0.25, 0.3) is 0 Å². The number of halogens is 1. The highest BCUT2D eigenvalue weighted by molar-refractivity contribution is 5.94. The van der Waals surface area contributed by atoms with Gasteiger partial charge in [0.15, 0.2) is 0 Å². The van der Waals surface area contributed by atoms with Crippen molar-refractivity contribution < 1.29 is 9.18 Å². The average molecular weight is 290 g/mol. The van der Waals surface area contributed by atoms with Gasteiger partial charge in [-0.25, -0.2) is 4.39 Å². The predicted octanol–water partition coefficient (Wildman–Crippen LogP) is 2.69. The number of piperidine rings is 1. The van der Waals surface area contributed by atoms with Crippen LogP contribution in [0.1, 0.15) is 25.3 Å². The molecule has 0 spiro atoms. The number of benzene rings is 1. The number of likely N-dealkylation sites (tertiary alicyclic amines) is 1. The molecule has 4 heteroatoms. The molecule has 1 heterocycles. The van der Waals surface area contributed by atoms with Crippen LogP contribution in [-0.2, 0) is 4.79 Å². The summed E-state index contributed by atoms with van der Waals surface area (Å²) in [6, 6.07) is 6.35. The summed E-state index contributed by atoms with van der Waals surface area (Å²) >= 11 is 0. The van der Waals surface area contributed by atoms with Crippen molar-refractivity contribution in [1.82, 2.24) is 10.2 Å². The van der Waals surface area contributed by atoms with E-state index in [9.17, 15) is 9.18 Å². The topological polar surface area (TPSA) is 32.3 Å². The van der Waals surface area contributed by atoms with E-state index in [0.717, 1.165) is 43.6 Å². The number of nitrogens with one attached hydrogen (secondary N) is 1. The second kappa shape index (κ2) is 7.36. The number of hydrogen-bond donors (Lipinski definition) is 1. The third-order valence-electron chi connectivity index (χ3n) is 3.94. The zero-order valence-electron chi connectivity index (χ0n) is 12.7. The Kier molecular flexibility index (Phi) is 5.51. The Labute approximate surface area is 125 Å². The summed E-state index contributed by atoms with van der Waals surface area (Å²) in [7, 11) is 1.94. The molecule has 1 amide bonds. The molecule has 114 valence electrons. The molecule has 0 radical (unpaired) electrons. The lowest BCUT2D eigenvalue weighted by molar-refractivity contribution is -0.127. The molecule has 0 aliphatic carbocycles. The fraction of sp³-hybridized carbons (Fsp3) is 0.471. The van der Waals surface area contributed by atoms with Crippen LogP contribution in [0.25, 0.3) is 5.57 Å². The summed E-state index contributed by atoms with van der Waals surface area (Å²) in [5.74, 6) is 0.271. The van der Waals surface area contributed by atoms with Crippen LogP contribution in [0, 0.1) is 11.7 Å². The quantitative estimate of drug-likeness (QED) is 0.865. The molecule has 1 saturated heterocycles. The molecule has 0 saturated carbocycles. The third kappa shape index (κ3) is 4.39. The van der Waals surface area contributed by atoms with E-state index in [1.54, 1.807) is 12.1 Å². The first kappa shape index (κ1) is 15.7. The van der Waals surface area contributed by atoms with Gasteiger partial charge in [-0.3, -0.25) is 4.79 Å². The van der Waals surface area contributed by atoms with Gasteiger partial charge in [0.1, 0.15) is 5.82 Å². The van der Waals surface area contributed by atoms with Gasteiger partial charge in [0, 0.05) is 19.2 Å². The van der Waals surface area contributed by atoms with Gasteiger partial charge >= 0.3 is 0 Å². The van der Waals surface area contributed by atoms with Crippen LogP contribution in [0.5, 0.6) is 0 Å². The summed E-state index contributed by atoms with van der Waals surface area (Å²) in [5.41, 5.74) is 1.56. The Balaban J connectivity index is 2.04. The smallest absolute Gasteiger partial charge is 0.246 e. The first-order valence-corrected chi connectivity index (χ1v) is 7.48. The van der Waals surface area contributed by atoms with Gasteiger partial charge < -0.3 is 10.2 Å². The molecule has 1 unspecified atom stereocenters. The van der Waals surface area contributed by atoms with Crippen LogP contribution in [0.15, 0.2) is 30.3 Å². The summed E-state index contributed by atoms with van der Waals surface area (Å²) in [6.45, 7) is 4.40. The highest BCUT2D eigenvalue weighted by Gasteiger charge is 2.22. The summed E-state index contributed by atoms with van der Waals surface area (Å²) < 4.78 is 13.2. The number of allylic oxidation sites excluding steroid dienone is 1. The van der Waals surface area contributed by atoms with E-state index in [1.807, 2.05) is 24.9 Å². The first-order chi connectivity index (χ1) is 10.1. The maximum absolute atomic E-state index is 13.2. The Hall–Kier alpha value is -1.68. The number of nitrogens with zero attached hydrogens (tertiary/aromatic N) is 1. The van der Waals surface area contributed by atoms with Crippen LogP contribution in [0.2, 0.25) is 0 Å². The molecule has 1 aliphatic rings. The lowest BCUT2D eigenvalue weighted by Gasteiger charge is -2.32. The van der Waals surface area contributed by atoms with Crippen molar-refractivity contribution in [3.8, 4) is 0 Å². The molecule has 1 N–H and O–H groups in total. The van der Waals surface area contributed by atoms with Gasteiger partial charge in [-0.2, -0.15) is 0 Å². The Bertz CT molecular complexity index is 525. The standard InChI is InChI=1S/C17H23FN2O/c1-13(15-6-3-7-16(18)10-15)9-17(21)20-8-4-5-14(12-20)11-19-2/h3,6-7,9-10,14,19H,4-5,8,11-12H2,1-2H3/b13-9-. The molecular formula is C17H23FN2O. The molecule has 3 nitrogen and oxygen atoms in total. The second-order valence-corrected chi connectivity index (χ2v) is 5.69. The maximum atomic E-state index is 13.2. The van der Waals surface area contributed by atoms with Crippen LogP contribution in [-0.4, -0.2) is 37.5 Å². The minimum atomic E-state index is -0.278. The molecular weight excluding hydrogens is 267 g/mol. The highest BCUT2D eigenvalue weighted by atomic mass is 19.1. The number of amides is 1. The van der Waals surface area contributed by atoms with Crippen LogP contribution < -0.4 is 5.32 Å². The monoisotopic (exact) mass is 290 g/mol. The predicted molar refractivity (Wildman–Crippen MR) is 83.3 cm³/mol. The first-order valence-electron chi connectivity index (χ1n) is 7.48. The summed E-state index contributed by atoms with van der Waals surface area (Å²) in [6.07, 6.45) is 3.83. The second-order valence-electron chi connectivity index (χ2n) is 5.69. The van der Waals surface area contributed by atoms with Crippen molar-refractivity contribution in [3.63, 3.8) is 0 Å². The van der Waals surface area contributed by atoms with Crippen molar-refractivity contribution >= 4 is 11.5 Å². The fourth-order valence-electron chi connectivity index (χ4n) is 2.81. The molecule has 1 aromatic rings. The lowest BCUT2D eigenvalue weighted by atomic mass is 9.97. The Morgan fingerprint density at radius 2 is 2.33 bits per heavy atom. The summed E-state index contributed by atoms with van der Waals surface area (Å²) in [4.78, 5) is 14.2. The van der Waals surface area contributed by atoms with Crippen molar-refractivity contribution in [2.75, 3.05) is 26.7 Å². The van der Waals surface area contributed by atoms with E-state index < -0.39 is 0 Å².